The van der Waals surface area contributed by atoms with Crippen LogP contribution in [0.4, 0.5) is 5.69 Å². The van der Waals surface area contributed by atoms with E-state index in [-0.39, 0.29) is 5.56 Å². The molecule has 9 heavy (non-hydrogen) atoms. The molecule has 0 spiro atoms. The summed E-state index contributed by atoms with van der Waals surface area (Å²) in [6, 6.07) is 0. The van der Waals surface area contributed by atoms with E-state index in [2.05, 4.69) is 15.3 Å². The van der Waals surface area contributed by atoms with E-state index in [4.69, 9.17) is 0 Å². The largest absolute Gasteiger partial charge is 0.382 e. The van der Waals surface area contributed by atoms with Crippen LogP contribution in [0.25, 0.3) is 0 Å². The van der Waals surface area contributed by atoms with E-state index in [1.807, 2.05) is 0 Å². The van der Waals surface area contributed by atoms with Gasteiger partial charge in [0.15, 0.2) is 0 Å². The van der Waals surface area contributed by atoms with E-state index in [1.54, 1.807) is 7.05 Å². The molecule has 0 aliphatic rings. The van der Waals surface area contributed by atoms with Crippen LogP contribution in [0.5, 0.6) is 0 Å². The first-order chi connectivity index (χ1) is 4.34. The molecular formula is C5H7N3O. The van der Waals surface area contributed by atoms with E-state index in [0.717, 1.165) is 0 Å². The number of nitrogens with one attached hydrogen (secondary N) is 2. The first kappa shape index (κ1) is 5.81. The minimum atomic E-state index is -0.146. The summed E-state index contributed by atoms with van der Waals surface area (Å²) < 4.78 is 0. The lowest BCUT2D eigenvalue weighted by molar-refractivity contribution is 1.11. The molecule has 0 atom stereocenters. The molecule has 48 valence electrons. The van der Waals surface area contributed by atoms with E-state index in [9.17, 15) is 4.79 Å². The zero-order valence-electron chi connectivity index (χ0n) is 5.01. The zero-order valence-corrected chi connectivity index (χ0v) is 5.01. The summed E-state index contributed by atoms with van der Waals surface area (Å²) in [6.45, 7) is 0. The van der Waals surface area contributed by atoms with Crippen LogP contribution in [0.15, 0.2) is 17.3 Å². The van der Waals surface area contributed by atoms with Crippen LogP contribution >= 0.6 is 0 Å². The van der Waals surface area contributed by atoms with Gasteiger partial charge in [0, 0.05) is 7.05 Å². The SMILES string of the molecule is CNc1cnc[nH]c1=O. The fraction of sp³-hybridized carbons (Fsp3) is 0.200. The van der Waals surface area contributed by atoms with Gasteiger partial charge < -0.3 is 10.3 Å². The lowest BCUT2D eigenvalue weighted by Gasteiger charge is -1.92. The van der Waals surface area contributed by atoms with E-state index < -0.39 is 0 Å². The molecule has 4 heteroatoms. The Morgan fingerprint density at radius 2 is 2.56 bits per heavy atom. The Balaban J connectivity index is 3.16. The van der Waals surface area contributed by atoms with Crippen LogP contribution in [0.3, 0.4) is 0 Å². The molecule has 1 aromatic heterocycles. The van der Waals surface area contributed by atoms with Crippen molar-refractivity contribution in [3.8, 4) is 0 Å². The van der Waals surface area contributed by atoms with E-state index in [1.165, 1.54) is 12.5 Å². The highest BCUT2D eigenvalue weighted by atomic mass is 16.1. The average Bonchev–Trinajstić information content (AvgIpc) is 1.89. The van der Waals surface area contributed by atoms with Crippen molar-refractivity contribution in [3.05, 3.63) is 22.9 Å². The van der Waals surface area contributed by atoms with Gasteiger partial charge in [-0.1, -0.05) is 0 Å². The van der Waals surface area contributed by atoms with Crippen molar-refractivity contribution in [3.63, 3.8) is 0 Å². The van der Waals surface area contributed by atoms with Gasteiger partial charge in [-0.25, -0.2) is 4.98 Å². The zero-order chi connectivity index (χ0) is 6.69. The van der Waals surface area contributed by atoms with Crippen molar-refractivity contribution in [1.29, 1.82) is 0 Å². The van der Waals surface area contributed by atoms with Crippen LogP contribution < -0.4 is 10.9 Å². The minimum Gasteiger partial charge on any atom is -0.382 e. The molecule has 2 N–H and O–H groups in total. The normalized spacial score (nSPS) is 9.00. The third-order valence-corrected chi connectivity index (χ3v) is 0.988. The molecular weight excluding hydrogens is 118 g/mol. The smallest absolute Gasteiger partial charge is 0.274 e. The third kappa shape index (κ3) is 1.07. The number of nitrogens with zero attached hydrogens (tertiary/aromatic N) is 1. The molecule has 0 saturated carbocycles. The molecule has 0 unspecified atom stereocenters. The van der Waals surface area contributed by atoms with Crippen molar-refractivity contribution < 1.29 is 0 Å². The summed E-state index contributed by atoms with van der Waals surface area (Å²) in [4.78, 5) is 16.8. The summed E-state index contributed by atoms with van der Waals surface area (Å²) in [7, 11) is 1.67. The van der Waals surface area contributed by atoms with Gasteiger partial charge in [0.25, 0.3) is 5.56 Å². The lowest BCUT2D eigenvalue weighted by Crippen LogP contribution is -2.10. The van der Waals surface area contributed by atoms with Gasteiger partial charge in [-0.05, 0) is 0 Å². The predicted molar refractivity (Wildman–Crippen MR) is 34.4 cm³/mol. The fourth-order valence-electron chi connectivity index (χ4n) is 0.522. The molecule has 0 saturated heterocycles. The number of hydrogen-bond donors (Lipinski definition) is 2. The summed E-state index contributed by atoms with van der Waals surface area (Å²) in [5, 5.41) is 2.69. The summed E-state index contributed by atoms with van der Waals surface area (Å²) in [5.41, 5.74) is 0.338. The summed E-state index contributed by atoms with van der Waals surface area (Å²) >= 11 is 0. The lowest BCUT2D eigenvalue weighted by atomic mass is 10.5. The molecule has 0 bridgehead atoms. The number of hydrogen-bond acceptors (Lipinski definition) is 3. The van der Waals surface area contributed by atoms with E-state index in [0.29, 0.717) is 5.69 Å². The number of rotatable bonds is 1. The highest BCUT2D eigenvalue weighted by molar-refractivity contribution is 5.35. The molecule has 0 radical (unpaired) electrons. The Morgan fingerprint density at radius 3 is 3.00 bits per heavy atom. The first-order valence-electron chi connectivity index (χ1n) is 2.55. The molecule has 0 aliphatic heterocycles. The van der Waals surface area contributed by atoms with Crippen LogP contribution in [-0.2, 0) is 0 Å². The quantitative estimate of drug-likeness (QED) is 0.547. The Bertz CT molecular complexity index is 242. The molecule has 1 rings (SSSR count). The molecule has 0 aliphatic carbocycles. The summed E-state index contributed by atoms with van der Waals surface area (Å²) in [6.07, 6.45) is 2.82. The van der Waals surface area contributed by atoms with Gasteiger partial charge in [0.2, 0.25) is 0 Å². The first-order valence-corrected chi connectivity index (χ1v) is 2.55. The standard InChI is InChI=1S/C5H7N3O/c1-6-4-2-7-3-8-5(4)9/h2-3,6H,1H3,(H,7,8,9). The van der Waals surface area contributed by atoms with Crippen molar-refractivity contribution in [1.82, 2.24) is 9.97 Å². The number of H-pyrrole nitrogens is 1. The molecule has 0 fully saturated rings. The highest BCUT2D eigenvalue weighted by Crippen LogP contribution is 1.87. The van der Waals surface area contributed by atoms with E-state index >= 15 is 0 Å². The molecule has 1 heterocycles. The Hall–Kier alpha value is -1.32. The second-order valence-electron chi connectivity index (χ2n) is 1.54. The van der Waals surface area contributed by atoms with Gasteiger partial charge in [-0.15, -0.1) is 0 Å². The van der Waals surface area contributed by atoms with Crippen molar-refractivity contribution in [2.75, 3.05) is 12.4 Å². The van der Waals surface area contributed by atoms with Gasteiger partial charge in [0.1, 0.15) is 5.69 Å². The molecule has 4 nitrogen and oxygen atoms in total. The van der Waals surface area contributed by atoms with Gasteiger partial charge >= 0.3 is 0 Å². The van der Waals surface area contributed by atoms with Crippen molar-refractivity contribution in [2.24, 2.45) is 0 Å². The van der Waals surface area contributed by atoms with Gasteiger partial charge in [0.05, 0.1) is 12.5 Å². The van der Waals surface area contributed by atoms with Crippen LogP contribution in [0.2, 0.25) is 0 Å². The summed E-state index contributed by atoms with van der Waals surface area (Å²) in [5.74, 6) is 0. The van der Waals surface area contributed by atoms with Gasteiger partial charge in [-0.3, -0.25) is 4.79 Å². The molecule has 0 aromatic carbocycles. The van der Waals surface area contributed by atoms with Crippen molar-refractivity contribution in [2.45, 2.75) is 0 Å². The number of aromatic amines is 1. The topological polar surface area (TPSA) is 57.8 Å². The highest BCUT2D eigenvalue weighted by Gasteiger charge is 1.90. The second-order valence-corrected chi connectivity index (χ2v) is 1.54. The maximum Gasteiger partial charge on any atom is 0.274 e. The maximum atomic E-state index is 10.7. The second kappa shape index (κ2) is 2.30. The Kier molecular flexibility index (Phi) is 1.48. The fourth-order valence-corrected chi connectivity index (χ4v) is 0.522. The van der Waals surface area contributed by atoms with Gasteiger partial charge in [-0.2, -0.15) is 0 Å². The van der Waals surface area contributed by atoms with Crippen LogP contribution in [0, 0.1) is 0 Å². The maximum absolute atomic E-state index is 10.7. The Morgan fingerprint density at radius 1 is 1.78 bits per heavy atom. The van der Waals surface area contributed by atoms with Crippen molar-refractivity contribution >= 4 is 5.69 Å². The minimum absolute atomic E-state index is 0.146. The van der Waals surface area contributed by atoms with Crippen LogP contribution in [-0.4, -0.2) is 17.0 Å². The van der Waals surface area contributed by atoms with Crippen LogP contribution in [0.1, 0.15) is 0 Å². The average molecular weight is 125 g/mol. The number of aromatic nitrogens is 2. The predicted octanol–water partition coefficient (Wildman–Crippen LogP) is -0.188. The third-order valence-electron chi connectivity index (χ3n) is 0.988. The monoisotopic (exact) mass is 125 g/mol. The molecule has 0 amide bonds. The molecule has 1 aromatic rings. The number of anilines is 1. The Labute approximate surface area is 51.9 Å².